The number of nitrogens with two attached hydrogens (primary N) is 1. The van der Waals surface area contributed by atoms with Crippen molar-refractivity contribution in [3.63, 3.8) is 0 Å². The molecule has 0 saturated carbocycles. The maximum Gasteiger partial charge on any atom is 0.344 e. The number of ether oxygens (including phenoxy) is 3. The van der Waals surface area contributed by atoms with Gasteiger partial charge in [0.1, 0.15) is 28.7 Å². The second-order valence-corrected chi connectivity index (χ2v) is 7.74. The van der Waals surface area contributed by atoms with Gasteiger partial charge in [-0.15, -0.1) is 0 Å². The first kappa shape index (κ1) is 21.2. The summed E-state index contributed by atoms with van der Waals surface area (Å²) in [5.74, 6) is 0.630. The molecular weight excluding hydrogens is 432 g/mol. The maximum atomic E-state index is 13.2. The lowest BCUT2D eigenvalue weighted by Crippen LogP contribution is -2.26. The van der Waals surface area contributed by atoms with Crippen LogP contribution in [-0.4, -0.2) is 14.2 Å². The lowest BCUT2D eigenvalue weighted by Gasteiger charge is -2.26. The summed E-state index contributed by atoms with van der Waals surface area (Å²) in [5.41, 5.74) is 8.68. The molecule has 3 aromatic carbocycles. The zero-order valence-corrected chi connectivity index (χ0v) is 18.5. The van der Waals surface area contributed by atoms with Gasteiger partial charge in [-0.1, -0.05) is 36.4 Å². The molecule has 0 aliphatic carbocycles. The number of hydrogen-bond donors (Lipinski definition) is 1. The van der Waals surface area contributed by atoms with Crippen molar-refractivity contribution >= 4 is 11.0 Å². The van der Waals surface area contributed by atoms with Gasteiger partial charge in [-0.25, -0.2) is 4.79 Å². The third-order valence-electron chi connectivity index (χ3n) is 5.92. The van der Waals surface area contributed by atoms with Gasteiger partial charge in [0.05, 0.1) is 31.1 Å². The molecule has 7 nitrogen and oxygen atoms in total. The molecule has 0 radical (unpaired) electrons. The van der Waals surface area contributed by atoms with Crippen LogP contribution in [0.25, 0.3) is 22.1 Å². The van der Waals surface area contributed by atoms with Gasteiger partial charge in [-0.3, -0.25) is 0 Å². The third-order valence-corrected chi connectivity index (χ3v) is 5.92. The molecule has 1 atom stereocenters. The summed E-state index contributed by atoms with van der Waals surface area (Å²) >= 11 is 0. The fourth-order valence-corrected chi connectivity index (χ4v) is 4.31. The van der Waals surface area contributed by atoms with Gasteiger partial charge >= 0.3 is 5.63 Å². The van der Waals surface area contributed by atoms with Crippen LogP contribution >= 0.6 is 0 Å². The smallest absolute Gasteiger partial charge is 0.344 e. The minimum atomic E-state index is -0.783. The summed E-state index contributed by atoms with van der Waals surface area (Å²) in [5, 5.41) is 10.5. The van der Waals surface area contributed by atoms with Crippen molar-refractivity contribution in [3.8, 4) is 34.4 Å². The molecule has 1 aliphatic rings. The molecule has 0 bridgehead atoms. The van der Waals surface area contributed by atoms with Crippen LogP contribution in [0.1, 0.15) is 17.0 Å². The quantitative estimate of drug-likeness (QED) is 0.447. The Bertz CT molecular complexity index is 1550. The first-order valence-electron chi connectivity index (χ1n) is 10.5. The molecule has 5 rings (SSSR count). The summed E-state index contributed by atoms with van der Waals surface area (Å²) in [6.45, 7) is 0. The van der Waals surface area contributed by atoms with E-state index in [9.17, 15) is 10.1 Å². The predicted octanol–water partition coefficient (Wildman–Crippen LogP) is 4.70. The van der Waals surface area contributed by atoms with Gasteiger partial charge < -0.3 is 24.4 Å². The SMILES string of the molecule is COc1ccc2oc(=O)c3c(c2c1)OC(N)=C(C#N)C3c1ccc(OC)c(-c2ccccc2)c1. The Labute approximate surface area is 195 Å². The zero-order valence-electron chi connectivity index (χ0n) is 18.5. The second-order valence-electron chi connectivity index (χ2n) is 7.74. The van der Waals surface area contributed by atoms with Crippen molar-refractivity contribution < 1.29 is 18.6 Å². The summed E-state index contributed by atoms with van der Waals surface area (Å²) in [6, 6.07) is 22.4. The molecule has 1 aromatic heterocycles. The van der Waals surface area contributed by atoms with Crippen LogP contribution in [0, 0.1) is 11.3 Å². The van der Waals surface area contributed by atoms with E-state index in [2.05, 4.69) is 6.07 Å². The number of nitriles is 1. The molecule has 2 N–H and O–H groups in total. The van der Waals surface area contributed by atoms with Crippen molar-refractivity contribution in [2.24, 2.45) is 5.73 Å². The maximum absolute atomic E-state index is 13.2. The number of hydrogen-bond acceptors (Lipinski definition) is 7. The highest BCUT2D eigenvalue weighted by atomic mass is 16.5. The van der Waals surface area contributed by atoms with Crippen LogP contribution in [0.4, 0.5) is 0 Å². The molecule has 0 spiro atoms. The number of rotatable bonds is 4. The van der Waals surface area contributed by atoms with Crippen molar-refractivity contribution in [1.29, 1.82) is 5.26 Å². The van der Waals surface area contributed by atoms with Gasteiger partial charge in [-0.05, 0) is 41.5 Å². The number of methoxy groups -OCH3 is 2. The van der Waals surface area contributed by atoms with Gasteiger partial charge in [0, 0.05) is 5.56 Å². The van der Waals surface area contributed by atoms with Crippen LogP contribution in [-0.2, 0) is 0 Å². The lowest BCUT2D eigenvalue weighted by atomic mass is 9.82. The highest BCUT2D eigenvalue weighted by Crippen LogP contribution is 2.45. The Balaban J connectivity index is 1.80. The van der Waals surface area contributed by atoms with E-state index in [-0.39, 0.29) is 22.8 Å². The largest absolute Gasteiger partial charge is 0.497 e. The Morgan fingerprint density at radius 3 is 2.50 bits per heavy atom. The van der Waals surface area contributed by atoms with E-state index in [4.69, 9.17) is 24.4 Å². The van der Waals surface area contributed by atoms with Gasteiger partial charge in [0.15, 0.2) is 5.75 Å². The van der Waals surface area contributed by atoms with E-state index in [0.717, 1.165) is 11.1 Å². The molecule has 4 aromatic rings. The van der Waals surface area contributed by atoms with Crippen molar-refractivity contribution in [2.45, 2.75) is 5.92 Å². The molecule has 168 valence electrons. The Hall–Kier alpha value is -4.70. The van der Waals surface area contributed by atoms with Crippen LogP contribution < -0.4 is 25.6 Å². The summed E-state index contributed by atoms with van der Waals surface area (Å²) < 4.78 is 22.3. The highest BCUT2D eigenvalue weighted by Gasteiger charge is 2.36. The lowest BCUT2D eigenvalue weighted by molar-refractivity contribution is 0.386. The number of benzene rings is 3. The molecule has 0 fully saturated rings. The van der Waals surface area contributed by atoms with Crippen molar-refractivity contribution in [1.82, 2.24) is 0 Å². The number of allylic oxidation sites excluding steroid dienone is 1. The number of nitrogens with zero attached hydrogens (tertiary/aromatic N) is 1. The third kappa shape index (κ3) is 3.33. The fourth-order valence-electron chi connectivity index (χ4n) is 4.31. The van der Waals surface area contributed by atoms with Gasteiger partial charge in [0.2, 0.25) is 5.88 Å². The molecule has 1 unspecified atom stereocenters. The molecule has 1 aliphatic heterocycles. The monoisotopic (exact) mass is 452 g/mol. The van der Waals surface area contributed by atoms with Crippen LogP contribution in [0.15, 0.2) is 87.4 Å². The summed E-state index contributed by atoms with van der Waals surface area (Å²) in [4.78, 5) is 13.2. The zero-order chi connectivity index (χ0) is 23.8. The summed E-state index contributed by atoms with van der Waals surface area (Å²) in [6.07, 6.45) is 0. The Kier molecular flexibility index (Phi) is 5.19. The van der Waals surface area contributed by atoms with Crippen molar-refractivity contribution in [3.05, 3.63) is 99.7 Å². The van der Waals surface area contributed by atoms with Crippen LogP contribution in [0.5, 0.6) is 17.2 Å². The molecule has 2 heterocycles. The minimum Gasteiger partial charge on any atom is -0.497 e. The molecular formula is C27H20N2O5. The minimum absolute atomic E-state index is 0.0631. The molecule has 0 amide bonds. The topological polar surface area (TPSA) is 108 Å². The van der Waals surface area contributed by atoms with Gasteiger partial charge in [-0.2, -0.15) is 5.26 Å². The fraction of sp³-hybridized carbons (Fsp3) is 0.111. The predicted molar refractivity (Wildman–Crippen MR) is 127 cm³/mol. The second kappa shape index (κ2) is 8.34. The number of fused-ring (bicyclic) bond motifs is 3. The average Bonchev–Trinajstić information content (AvgIpc) is 2.88. The summed E-state index contributed by atoms with van der Waals surface area (Å²) in [7, 11) is 3.14. The molecule has 34 heavy (non-hydrogen) atoms. The Morgan fingerprint density at radius 1 is 1.00 bits per heavy atom. The first-order valence-corrected chi connectivity index (χ1v) is 10.5. The van der Waals surface area contributed by atoms with E-state index < -0.39 is 11.5 Å². The highest BCUT2D eigenvalue weighted by molar-refractivity contribution is 5.87. The van der Waals surface area contributed by atoms with Crippen LogP contribution in [0.3, 0.4) is 0 Å². The molecule has 0 saturated heterocycles. The van der Waals surface area contributed by atoms with Gasteiger partial charge in [0.25, 0.3) is 0 Å². The van der Waals surface area contributed by atoms with E-state index in [0.29, 0.717) is 28.0 Å². The van der Waals surface area contributed by atoms with E-state index in [1.165, 1.54) is 0 Å². The van der Waals surface area contributed by atoms with E-state index in [1.54, 1.807) is 32.4 Å². The standard InChI is InChI=1S/C27H20N2O5/c1-31-17-9-11-22-19(13-17)25-24(27(30)33-22)23(20(14-28)26(29)34-25)16-8-10-21(32-2)18(12-16)15-6-4-3-5-7-15/h3-13,23H,29H2,1-2H3. The molecule has 7 heteroatoms. The van der Waals surface area contributed by atoms with Crippen LogP contribution in [0.2, 0.25) is 0 Å². The van der Waals surface area contributed by atoms with Crippen molar-refractivity contribution in [2.75, 3.05) is 14.2 Å². The van der Waals surface area contributed by atoms with E-state index in [1.807, 2.05) is 48.5 Å². The average molecular weight is 452 g/mol. The first-order chi connectivity index (χ1) is 16.5. The van der Waals surface area contributed by atoms with E-state index >= 15 is 0 Å². The normalized spacial score (nSPS) is 14.8. The Morgan fingerprint density at radius 2 is 1.79 bits per heavy atom.